The number of hydrogen-bond donors (Lipinski definition) is 0. The number of hydrogen-bond acceptors (Lipinski definition) is 0. The van der Waals surface area contributed by atoms with Crippen molar-refractivity contribution in [2.75, 3.05) is 0 Å². The molecule has 0 amide bonds. The second-order valence-electron chi connectivity index (χ2n) is 6.60. The van der Waals surface area contributed by atoms with Crippen molar-refractivity contribution in [3.63, 3.8) is 0 Å². The Morgan fingerprint density at radius 2 is 0.885 bits per heavy atom. The van der Waals surface area contributed by atoms with Gasteiger partial charge in [0.15, 0.2) is 0 Å². The van der Waals surface area contributed by atoms with Crippen LogP contribution in [-0.4, -0.2) is 0 Å². The summed E-state index contributed by atoms with van der Waals surface area (Å²) >= 11 is 0. The summed E-state index contributed by atoms with van der Waals surface area (Å²) in [4.78, 5) is 0. The van der Waals surface area contributed by atoms with E-state index in [9.17, 15) is 0 Å². The normalized spacial score (nSPS) is 9.92. The maximum atomic E-state index is 2.22. The zero-order chi connectivity index (χ0) is 19.1. The Labute approximate surface area is 158 Å². The minimum atomic E-state index is 1.33. The van der Waals surface area contributed by atoms with Gasteiger partial charge in [0, 0.05) is 0 Å². The first-order valence-corrected chi connectivity index (χ1v) is 9.46. The fourth-order valence-corrected chi connectivity index (χ4v) is 3.09. The molecule has 0 saturated carbocycles. The highest BCUT2D eigenvalue weighted by molar-refractivity contribution is 5.88. The molecular weight excluding hydrogens is 312 g/mol. The molecule has 0 bridgehead atoms. The standard InChI is InChI=1S/2C12H12.C2H6/c1-9-3-5-11-6-4-10(2)8-12(11)7-9;1-9-7-8-10(2)12-6-4-3-5-11(9)12;1-2/h2*3-8H,1-2H3;1-2H3. The van der Waals surface area contributed by atoms with Gasteiger partial charge in [-0.2, -0.15) is 0 Å². The van der Waals surface area contributed by atoms with Gasteiger partial charge in [0.2, 0.25) is 0 Å². The molecule has 0 spiro atoms. The predicted molar refractivity (Wildman–Crippen MR) is 118 cm³/mol. The van der Waals surface area contributed by atoms with E-state index in [1.807, 2.05) is 13.8 Å². The Hall–Kier alpha value is -2.60. The monoisotopic (exact) mass is 342 g/mol. The van der Waals surface area contributed by atoms with Crippen molar-refractivity contribution in [3.05, 3.63) is 95.1 Å². The maximum absolute atomic E-state index is 2.22. The van der Waals surface area contributed by atoms with Crippen LogP contribution >= 0.6 is 0 Å². The van der Waals surface area contributed by atoms with E-state index in [0.29, 0.717) is 0 Å². The first kappa shape index (κ1) is 19.7. The minimum absolute atomic E-state index is 1.33. The Balaban J connectivity index is 0.000000171. The average Bonchev–Trinajstić information content (AvgIpc) is 2.67. The van der Waals surface area contributed by atoms with Gasteiger partial charge in [-0.25, -0.2) is 0 Å². The van der Waals surface area contributed by atoms with Crippen LogP contribution in [0.2, 0.25) is 0 Å². The molecule has 4 aromatic rings. The van der Waals surface area contributed by atoms with Crippen molar-refractivity contribution < 1.29 is 0 Å². The first-order valence-electron chi connectivity index (χ1n) is 9.46. The van der Waals surface area contributed by atoms with E-state index < -0.39 is 0 Å². The first-order chi connectivity index (χ1) is 12.5. The molecule has 0 unspecified atom stereocenters. The largest absolute Gasteiger partial charge is 0.0683 e. The number of rotatable bonds is 0. The minimum Gasteiger partial charge on any atom is -0.0683 e. The molecule has 0 heteroatoms. The molecule has 0 aliphatic rings. The quantitative estimate of drug-likeness (QED) is 0.304. The van der Waals surface area contributed by atoms with Gasteiger partial charge in [-0.15, -0.1) is 0 Å². The van der Waals surface area contributed by atoms with Crippen LogP contribution in [0.1, 0.15) is 36.1 Å². The molecule has 134 valence electrons. The lowest BCUT2D eigenvalue weighted by atomic mass is 10.0. The lowest BCUT2D eigenvalue weighted by Crippen LogP contribution is -1.80. The number of benzene rings is 4. The van der Waals surface area contributed by atoms with Crippen LogP contribution in [0.15, 0.2) is 72.8 Å². The van der Waals surface area contributed by atoms with Crippen LogP contribution in [0.25, 0.3) is 21.5 Å². The third-order valence-electron chi connectivity index (χ3n) is 4.51. The van der Waals surface area contributed by atoms with Crippen LogP contribution in [0, 0.1) is 27.7 Å². The van der Waals surface area contributed by atoms with Crippen LogP contribution < -0.4 is 0 Å². The van der Waals surface area contributed by atoms with Crippen molar-refractivity contribution in [1.82, 2.24) is 0 Å². The van der Waals surface area contributed by atoms with Gasteiger partial charge in [-0.05, 0) is 60.4 Å². The second-order valence-corrected chi connectivity index (χ2v) is 6.60. The molecule has 0 nitrogen and oxygen atoms in total. The summed E-state index contributed by atoms with van der Waals surface area (Å²) in [5.74, 6) is 0. The summed E-state index contributed by atoms with van der Waals surface area (Å²) in [6, 6.07) is 26.0. The third-order valence-corrected chi connectivity index (χ3v) is 4.51. The molecule has 0 fully saturated rings. The van der Waals surface area contributed by atoms with Gasteiger partial charge < -0.3 is 0 Å². The summed E-state index contributed by atoms with van der Waals surface area (Å²) in [6.07, 6.45) is 0. The van der Waals surface area contributed by atoms with Gasteiger partial charge in [0.25, 0.3) is 0 Å². The molecule has 0 aliphatic carbocycles. The average molecular weight is 343 g/mol. The fourth-order valence-electron chi connectivity index (χ4n) is 3.09. The Bertz CT molecular complexity index is 916. The van der Waals surface area contributed by atoms with Crippen molar-refractivity contribution in [2.45, 2.75) is 41.5 Å². The highest BCUT2D eigenvalue weighted by Crippen LogP contribution is 2.21. The second kappa shape index (κ2) is 9.20. The van der Waals surface area contributed by atoms with E-state index in [1.165, 1.54) is 43.8 Å². The summed E-state index contributed by atoms with van der Waals surface area (Å²) < 4.78 is 0. The van der Waals surface area contributed by atoms with E-state index in [2.05, 4.69) is 100 Å². The highest BCUT2D eigenvalue weighted by Gasteiger charge is 1.97. The molecule has 4 aromatic carbocycles. The SMILES string of the molecule is CC.Cc1ccc(C)c2ccccc12.Cc1ccc2ccc(C)cc2c1. The highest BCUT2D eigenvalue weighted by atomic mass is 14.0. The van der Waals surface area contributed by atoms with Crippen molar-refractivity contribution in [3.8, 4) is 0 Å². The molecule has 0 radical (unpaired) electrons. The third kappa shape index (κ3) is 4.73. The van der Waals surface area contributed by atoms with E-state index >= 15 is 0 Å². The van der Waals surface area contributed by atoms with Crippen LogP contribution in [0.3, 0.4) is 0 Å². The summed E-state index contributed by atoms with van der Waals surface area (Å²) in [5, 5.41) is 5.41. The van der Waals surface area contributed by atoms with Crippen LogP contribution in [-0.2, 0) is 0 Å². The van der Waals surface area contributed by atoms with E-state index in [0.717, 1.165) is 0 Å². The topological polar surface area (TPSA) is 0 Å². The molecule has 0 heterocycles. The fraction of sp³-hybridized carbons (Fsp3) is 0.231. The van der Waals surface area contributed by atoms with Gasteiger partial charge in [-0.3, -0.25) is 0 Å². The Kier molecular flexibility index (Phi) is 6.97. The zero-order valence-electron chi connectivity index (χ0n) is 16.9. The van der Waals surface area contributed by atoms with Gasteiger partial charge in [0.05, 0.1) is 0 Å². The molecule has 0 atom stereocenters. The molecule has 4 rings (SSSR count). The lowest BCUT2D eigenvalue weighted by Gasteiger charge is -2.03. The summed E-state index contributed by atoms with van der Waals surface area (Å²) in [5.41, 5.74) is 5.37. The molecule has 0 N–H and O–H groups in total. The van der Waals surface area contributed by atoms with E-state index in [-0.39, 0.29) is 0 Å². The molecular formula is C26H30. The maximum Gasteiger partial charge on any atom is -0.0152 e. The van der Waals surface area contributed by atoms with E-state index in [4.69, 9.17) is 0 Å². The van der Waals surface area contributed by atoms with Crippen molar-refractivity contribution in [2.24, 2.45) is 0 Å². The van der Waals surface area contributed by atoms with Gasteiger partial charge in [-0.1, -0.05) is 97.8 Å². The summed E-state index contributed by atoms with van der Waals surface area (Å²) in [7, 11) is 0. The molecule has 26 heavy (non-hydrogen) atoms. The molecule has 0 aromatic heterocycles. The lowest BCUT2D eigenvalue weighted by molar-refractivity contribution is 1.46. The Morgan fingerprint density at radius 1 is 0.462 bits per heavy atom. The van der Waals surface area contributed by atoms with Crippen molar-refractivity contribution in [1.29, 1.82) is 0 Å². The molecule has 0 saturated heterocycles. The predicted octanol–water partition coefficient (Wildman–Crippen LogP) is 7.94. The van der Waals surface area contributed by atoms with Gasteiger partial charge >= 0.3 is 0 Å². The molecule has 0 aliphatic heterocycles. The van der Waals surface area contributed by atoms with E-state index in [1.54, 1.807) is 0 Å². The van der Waals surface area contributed by atoms with Crippen molar-refractivity contribution >= 4 is 21.5 Å². The number of fused-ring (bicyclic) bond motifs is 2. The Morgan fingerprint density at radius 3 is 1.31 bits per heavy atom. The number of aryl methyl sites for hydroxylation is 4. The smallest absolute Gasteiger partial charge is 0.0152 e. The van der Waals surface area contributed by atoms with Crippen LogP contribution in [0.5, 0.6) is 0 Å². The zero-order valence-corrected chi connectivity index (χ0v) is 16.9. The van der Waals surface area contributed by atoms with Crippen LogP contribution in [0.4, 0.5) is 0 Å². The summed E-state index contributed by atoms with van der Waals surface area (Å²) in [6.45, 7) is 12.6. The van der Waals surface area contributed by atoms with Gasteiger partial charge in [0.1, 0.15) is 0 Å².